The molecule has 3 N–H and O–H groups in total. The molecule has 0 atom stereocenters. The zero-order chi connectivity index (χ0) is 11.0. The molecule has 1 aromatic rings. The summed E-state index contributed by atoms with van der Waals surface area (Å²) in [5.74, 6) is -0.312. The average Bonchev–Trinajstić information content (AvgIpc) is 2.04. The molecule has 0 bridgehead atoms. The van der Waals surface area contributed by atoms with Gasteiger partial charge in [0.25, 0.3) is 10.1 Å². The Balaban J connectivity index is 0.000000500. The van der Waals surface area contributed by atoms with Gasteiger partial charge < -0.3 is 5.73 Å². The van der Waals surface area contributed by atoms with E-state index in [-0.39, 0.29) is 5.75 Å². The Kier molecular flexibility index (Phi) is 6.11. The minimum Gasteiger partial charge on any atom is -0.331 e. The molecule has 0 aliphatic heterocycles. The molecule has 0 amide bonds. The van der Waals surface area contributed by atoms with Gasteiger partial charge in [-0.2, -0.15) is 8.42 Å². The van der Waals surface area contributed by atoms with E-state index in [1.807, 2.05) is 6.92 Å². The van der Waals surface area contributed by atoms with Gasteiger partial charge in [0.1, 0.15) is 5.75 Å². The van der Waals surface area contributed by atoms with E-state index in [1.54, 1.807) is 30.3 Å². The van der Waals surface area contributed by atoms with Crippen molar-refractivity contribution < 1.29 is 13.0 Å². The maximum Gasteiger partial charge on any atom is 0.269 e. The molecule has 0 spiro atoms. The molecule has 0 aromatic heterocycles. The van der Waals surface area contributed by atoms with E-state index in [0.29, 0.717) is 5.56 Å². The van der Waals surface area contributed by atoms with Gasteiger partial charge in [-0.05, 0) is 12.1 Å². The van der Waals surface area contributed by atoms with Crippen molar-refractivity contribution in [3.63, 3.8) is 0 Å². The Morgan fingerprint density at radius 1 is 1.29 bits per heavy atom. The summed E-state index contributed by atoms with van der Waals surface area (Å²) in [6.45, 7) is 2.65. The summed E-state index contributed by atoms with van der Waals surface area (Å²) in [5.41, 5.74) is 5.44. The van der Waals surface area contributed by atoms with E-state index in [1.165, 1.54) is 0 Å². The Bertz CT molecular complexity index is 334. The van der Waals surface area contributed by atoms with Crippen molar-refractivity contribution in [1.82, 2.24) is 0 Å². The summed E-state index contributed by atoms with van der Waals surface area (Å²) >= 11 is 0. The molecule has 0 unspecified atom stereocenters. The summed E-state index contributed by atoms with van der Waals surface area (Å²) in [6, 6.07) is 8.52. The predicted molar refractivity (Wildman–Crippen MR) is 56.4 cm³/mol. The first kappa shape index (κ1) is 13.1. The summed E-state index contributed by atoms with van der Waals surface area (Å²) in [7, 11) is -3.88. The van der Waals surface area contributed by atoms with Gasteiger partial charge in [-0.3, -0.25) is 4.55 Å². The van der Waals surface area contributed by atoms with Crippen LogP contribution in [0.5, 0.6) is 0 Å². The van der Waals surface area contributed by atoms with Crippen molar-refractivity contribution in [3.05, 3.63) is 35.9 Å². The fourth-order valence-electron chi connectivity index (χ4n) is 0.785. The normalized spacial score (nSPS) is 10.2. The topological polar surface area (TPSA) is 80.4 Å². The van der Waals surface area contributed by atoms with Crippen molar-refractivity contribution in [2.75, 3.05) is 6.54 Å². The lowest BCUT2D eigenvalue weighted by Gasteiger charge is -1.95. The van der Waals surface area contributed by atoms with E-state index in [9.17, 15) is 8.42 Å². The van der Waals surface area contributed by atoms with Gasteiger partial charge in [0.2, 0.25) is 0 Å². The van der Waals surface area contributed by atoms with Crippen LogP contribution in [-0.2, 0) is 15.9 Å². The molecule has 0 aliphatic carbocycles. The van der Waals surface area contributed by atoms with Crippen molar-refractivity contribution in [2.24, 2.45) is 5.73 Å². The highest BCUT2D eigenvalue weighted by Crippen LogP contribution is 2.02. The van der Waals surface area contributed by atoms with E-state index < -0.39 is 10.1 Å². The van der Waals surface area contributed by atoms with Crippen molar-refractivity contribution in [3.8, 4) is 0 Å². The van der Waals surface area contributed by atoms with Crippen LogP contribution in [0.1, 0.15) is 12.5 Å². The number of benzene rings is 1. The van der Waals surface area contributed by atoms with E-state index in [0.717, 1.165) is 6.54 Å². The van der Waals surface area contributed by atoms with Crippen LogP contribution in [0, 0.1) is 0 Å². The largest absolute Gasteiger partial charge is 0.331 e. The number of hydrogen-bond acceptors (Lipinski definition) is 3. The smallest absolute Gasteiger partial charge is 0.269 e. The van der Waals surface area contributed by atoms with Crippen LogP contribution in [0.25, 0.3) is 0 Å². The molecular weight excluding hydrogens is 202 g/mol. The lowest BCUT2D eigenvalue weighted by Crippen LogP contribution is -2.00. The highest BCUT2D eigenvalue weighted by molar-refractivity contribution is 7.85. The number of rotatable bonds is 2. The van der Waals surface area contributed by atoms with Gasteiger partial charge in [0.15, 0.2) is 0 Å². The third-order valence-corrected chi connectivity index (χ3v) is 1.89. The van der Waals surface area contributed by atoms with Gasteiger partial charge >= 0.3 is 0 Å². The SMILES string of the molecule is CCN.O=S(=O)(O)Cc1ccccc1. The molecule has 4 nitrogen and oxygen atoms in total. The minimum atomic E-state index is -3.88. The van der Waals surface area contributed by atoms with Crippen LogP contribution in [0.3, 0.4) is 0 Å². The summed E-state index contributed by atoms with van der Waals surface area (Å²) in [4.78, 5) is 0. The molecule has 0 radical (unpaired) electrons. The van der Waals surface area contributed by atoms with Crippen LogP contribution in [0.15, 0.2) is 30.3 Å². The Morgan fingerprint density at radius 3 is 2.07 bits per heavy atom. The molecule has 14 heavy (non-hydrogen) atoms. The molecule has 0 fully saturated rings. The van der Waals surface area contributed by atoms with Gasteiger partial charge in [-0.15, -0.1) is 0 Å². The second kappa shape index (κ2) is 6.53. The van der Waals surface area contributed by atoms with Crippen LogP contribution < -0.4 is 5.73 Å². The fraction of sp³-hybridized carbons (Fsp3) is 0.333. The monoisotopic (exact) mass is 217 g/mol. The molecule has 0 heterocycles. The van der Waals surface area contributed by atoms with Crippen LogP contribution in [0.4, 0.5) is 0 Å². The quantitative estimate of drug-likeness (QED) is 0.725. The zero-order valence-corrected chi connectivity index (χ0v) is 8.87. The fourth-order valence-corrected chi connectivity index (χ4v) is 1.40. The third-order valence-electron chi connectivity index (χ3n) is 1.19. The number of hydrogen-bond donors (Lipinski definition) is 2. The molecule has 80 valence electrons. The summed E-state index contributed by atoms with van der Waals surface area (Å²) in [5, 5.41) is 0. The second-order valence-electron chi connectivity index (χ2n) is 2.62. The highest BCUT2D eigenvalue weighted by Gasteiger charge is 2.04. The van der Waals surface area contributed by atoms with E-state index >= 15 is 0 Å². The van der Waals surface area contributed by atoms with Crippen molar-refractivity contribution >= 4 is 10.1 Å². The second-order valence-corrected chi connectivity index (χ2v) is 4.07. The van der Waals surface area contributed by atoms with Gasteiger partial charge in [-0.1, -0.05) is 37.3 Å². The lowest BCUT2D eigenvalue weighted by atomic mass is 10.2. The summed E-state index contributed by atoms with van der Waals surface area (Å²) in [6.07, 6.45) is 0. The van der Waals surface area contributed by atoms with Crippen LogP contribution in [-0.4, -0.2) is 19.5 Å². The maximum absolute atomic E-state index is 10.4. The molecule has 1 rings (SSSR count). The summed E-state index contributed by atoms with van der Waals surface area (Å²) < 4.78 is 29.2. The molecule has 5 heteroatoms. The first-order valence-electron chi connectivity index (χ1n) is 4.18. The van der Waals surface area contributed by atoms with Crippen molar-refractivity contribution in [1.29, 1.82) is 0 Å². The van der Waals surface area contributed by atoms with E-state index in [4.69, 9.17) is 10.3 Å². The van der Waals surface area contributed by atoms with Crippen LogP contribution >= 0.6 is 0 Å². The molecule has 0 saturated carbocycles. The highest BCUT2D eigenvalue weighted by atomic mass is 32.2. The zero-order valence-electron chi connectivity index (χ0n) is 8.05. The molecular formula is C9H15NO3S. The van der Waals surface area contributed by atoms with E-state index in [2.05, 4.69) is 0 Å². The Morgan fingerprint density at radius 2 is 1.71 bits per heavy atom. The van der Waals surface area contributed by atoms with Crippen LogP contribution in [0.2, 0.25) is 0 Å². The molecule has 0 aliphatic rings. The lowest BCUT2D eigenvalue weighted by molar-refractivity contribution is 0.482. The predicted octanol–water partition coefficient (Wildman–Crippen LogP) is 1.04. The van der Waals surface area contributed by atoms with Gasteiger partial charge in [0, 0.05) is 0 Å². The minimum absolute atomic E-state index is 0.312. The average molecular weight is 217 g/mol. The van der Waals surface area contributed by atoms with Gasteiger partial charge in [0.05, 0.1) is 0 Å². The van der Waals surface area contributed by atoms with Crippen molar-refractivity contribution in [2.45, 2.75) is 12.7 Å². The Hall–Kier alpha value is -0.910. The third kappa shape index (κ3) is 7.72. The Labute approximate surface area is 84.5 Å². The maximum atomic E-state index is 10.4. The first-order chi connectivity index (χ1) is 6.49. The standard InChI is InChI=1S/C7H8O3S.C2H7N/c8-11(9,10)6-7-4-2-1-3-5-7;1-2-3/h1-5H,6H2,(H,8,9,10);2-3H2,1H3. The molecule has 1 aromatic carbocycles. The number of nitrogens with two attached hydrogens (primary N) is 1. The van der Waals surface area contributed by atoms with Gasteiger partial charge in [-0.25, -0.2) is 0 Å². The first-order valence-corrected chi connectivity index (χ1v) is 5.79. The molecule has 0 saturated heterocycles.